The van der Waals surface area contributed by atoms with Crippen molar-refractivity contribution in [2.45, 2.75) is 45.1 Å². The Kier molecular flexibility index (Phi) is 4.30. The lowest BCUT2D eigenvalue weighted by molar-refractivity contribution is 0.0922. The number of carbonyl (C=O) groups excluding carboxylic acids is 1. The Morgan fingerprint density at radius 2 is 2.05 bits per heavy atom. The molecule has 1 fully saturated rings. The molecule has 1 aromatic rings. The number of aromatic hydroxyl groups is 1. The minimum Gasteiger partial charge on any atom is -0.508 e. The third-order valence-electron chi connectivity index (χ3n) is 4.04. The van der Waals surface area contributed by atoms with Crippen molar-refractivity contribution in [2.75, 3.05) is 5.73 Å². The van der Waals surface area contributed by atoms with E-state index in [1.807, 2.05) is 0 Å². The van der Waals surface area contributed by atoms with Crippen LogP contribution < -0.4 is 11.1 Å². The second-order valence-corrected chi connectivity index (χ2v) is 5.37. The van der Waals surface area contributed by atoms with Crippen LogP contribution in [0.25, 0.3) is 0 Å². The number of carbonyl (C=O) groups is 1. The molecule has 1 amide bonds. The Labute approximate surface area is 114 Å². The van der Waals surface area contributed by atoms with Gasteiger partial charge in [0, 0.05) is 11.7 Å². The van der Waals surface area contributed by atoms with E-state index in [2.05, 4.69) is 12.2 Å². The second kappa shape index (κ2) is 5.95. The molecule has 0 unspecified atom stereocenters. The van der Waals surface area contributed by atoms with Crippen molar-refractivity contribution >= 4 is 11.6 Å². The third-order valence-corrected chi connectivity index (χ3v) is 4.04. The average molecular weight is 262 g/mol. The molecule has 0 saturated heterocycles. The number of phenolic OH excluding ortho intramolecular Hbond substituents is 1. The molecule has 0 radical (unpaired) electrons. The van der Waals surface area contributed by atoms with E-state index < -0.39 is 0 Å². The van der Waals surface area contributed by atoms with Gasteiger partial charge in [0.1, 0.15) is 5.75 Å². The molecule has 4 heteroatoms. The Morgan fingerprint density at radius 1 is 1.37 bits per heavy atom. The molecule has 2 rings (SSSR count). The lowest BCUT2D eigenvalue weighted by atomic mass is 9.84. The summed E-state index contributed by atoms with van der Waals surface area (Å²) in [5, 5.41) is 12.4. The van der Waals surface area contributed by atoms with Crippen LogP contribution in [0, 0.1) is 5.92 Å². The maximum atomic E-state index is 12.1. The minimum atomic E-state index is -0.187. The van der Waals surface area contributed by atoms with Crippen molar-refractivity contribution in [3.8, 4) is 5.75 Å². The molecular weight excluding hydrogens is 240 g/mol. The first-order chi connectivity index (χ1) is 9.10. The van der Waals surface area contributed by atoms with Crippen molar-refractivity contribution in [2.24, 2.45) is 5.92 Å². The predicted molar refractivity (Wildman–Crippen MR) is 76.0 cm³/mol. The van der Waals surface area contributed by atoms with Crippen LogP contribution in [0.1, 0.15) is 49.4 Å². The summed E-state index contributed by atoms with van der Waals surface area (Å²) in [5.41, 5.74) is 6.53. The zero-order valence-electron chi connectivity index (χ0n) is 11.4. The highest BCUT2D eigenvalue weighted by Crippen LogP contribution is 2.27. The van der Waals surface area contributed by atoms with E-state index in [9.17, 15) is 9.90 Å². The molecule has 104 valence electrons. The second-order valence-electron chi connectivity index (χ2n) is 5.37. The van der Waals surface area contributed by atoms with E-state index in [0.29, 0.717) is 11.3 Å². The number of rotatable bonds is 3. The van der Waals surface area contributed by atoms with Gasteiger partial charge in [0.2, 0.25) is 0 Å². The number of phenols is 1. The standard InChI is InChI=1S/C15H22N2O2/c1-2-10-3-5-11(6-4-10)17-15(19)13-9-12(18)7-8-14(13)16/h7-11,18H,2-6,16H2,1H3,(H,17,19). The van der Waals surface area contributed by atoms with E-state index in [4.69, 9.17) is 5.73 Å². The van der Waals surface area contributed by atoms with Crippen LogP contribution in [0.4, 0.5) is 5.69 Å². The number of hydrogen-bond donors (Lipinski definition) is 3. The highest BCUT2D eigenvalue weighted by atomic mass is 16.3. The first-order valence-corrected chi connectivity index (χ1v) is 6.99. The molecule has 1 aromatic carbocycles. The van der Waals surface area contributed by atoms with Crippen LogP contribution in [-0.2, 0) is 0 Å². The van der Waals surface area contributed by atoms with Gasteiger partial charge in [-0.25, -0.2) is 0 Å². The number of amides is 1. The molecule has 0 aliphatic heterocycles. The number of anilines is 1. The normalized spacial score (nSPS) is 23.0. The van der Waals surface area contributed by atoms with E-state index >= 15 is 0 Å². The van der Waals surface area contributed by atoms with Gasteiger partial charge in [-0.2, -0.15) is 0 Å². The van der Waals surface area contributed by atoms with Gasteiger partial charge in [-0.05, 0) is 49.8 Å². The molecule has 1 aliphatic carbocycles. The van der Waals surface area contributed by atoms with E-state index in [-0.39, 0.29) is 17.7 Å². The molecule has 0 heterocycles. The number of nitrogens with two attached hydrogens (primary N) is 1. The summed E-state index contributed by atoms with van der Waals surface area (Å²) < 4.78 is 0. The molecule has 4 N–H and O–H groups in total. The highest BCUT2D eigenvalue weighted by molar-refractivity contribution is 5.99. The zero-order chi connectivity index (χ0) is 13.8. The summed E-state index contributed by atoms with van der Waals surface area (Å²) in [4.78, 5) is 12.1. The minimum absolute atomic E-state index is 0.0639. The van der Waals surface area contributed by atoms with E-state index in [1.54, 1.807) is 6.07 Å². The van der Waals surface area contributed by atoms with Crippen LogP contribution in [0.2, 0.25) is 0 Å². The van der Waals surface area contributed by atoms with Crippen molar-refractivity contribution in [1.29, 1.82) is 0 Å². The Bertz CT molecular complexity index is 451. The molecule has 0 atom stereocenters. The molecule has 19 heavy (non-hydrogen) atoms. The van der Waals surface area contributed by atoms with Crippen LogP contribution >= 0.6 is 0 Å². The quantitative estimate of drug-likeness (QED) is 0.579. The maximum Gasteiger partial charge on any atom is 0.253 e. The molecule has 1 saturated carbocycles. The molecule has 0 bridgehead atoms. The lowest BCUT2D eigenvalue weighted by Crippen LogP contribution is -2.37. The Morgan fingerprint density at radius 3 is 2.68 bits per heavy atom. The Balaban J connectivity index is 1.96. The summed E-state index contributed by atoms with van der Waals surface area (Å²) in [7, 11) is 0. The van der Waals surface area contributed by atoms with Crippen LogP contribution in [0.15, 0.2) is 18.2 Å². The van der Waals surface area contributed by atoms with Crippen molar-refractivity contribution in [3.63, 3.8) is 0 Å². The predicted octanol–water partition coefficient (Wildman–Crippen LogP) is 2.67. The summed E-state index contributed by atoms with van der Waals surface area (Å²) in [5.74, 6) is 0.682. The average Bonchev–Trinajstić information content (AvgIpc) is 2.42. The van der Waals surface area contributed by atoms with Gasteiger partial charge >= 0.3 is 0 Å². The van der Waals surface area contributed by atoms with Crippen molar-refractivity contribution < 1.29 is 9.90 Å². The topological polar surface area (TPSA) is 75.3 Å². The number of hydrogen-bond acceptors (Lipinski definition) is 3. The first kappa shape index (κ1) is 13.7. The molecule has 0 aromatic heterocycles. The largest absolute Gasteiger partial charge is 0.508 e. The lowest BCUT2D eigenvalue weighted by Gasteiger charge is -2.28. The van der Waals surface area contributed by atoms with Gasteiger partial charge in [0.15, 0.2) is 0 Å². The third kappa shape index (κ3) is 3.40. The van der Waals surface area contributed by atoms with Gasteiger partial charge in [-0.1, -0.05) is 13.3 Å². The maximum absolute atomic E-state index is 12.1. The van der Waals surface area contributed by atoms with Gasteiger partial charge in [0.05, 0.1) is 5.56 Å². The SMILES string of the molecule is CCC1CCC(NC(=O)c2cc(O)ccc2N)CC1. The number of nitrogens with one attached hydrogen (secondary N) is 1. The smallest absolute Gasteiger partial charge is 0.253 e. The van der Waals surface area contributed by atoms with Gasteiger partial charge in [-0.3, -0.25) is 4.79 Å². The molecule has 1 aliphatic rings. The number of benzene rings is 1. The van der Waals surface area contributed by atoms with Crippen LogP contribution in [-0.4, -0.2) is 17.1 Å². The first-order valence-electron chi connectivity index (χ1n) is 6.99. The highest BCUT2D eigenvalue weighted by Gasteiger charge is 2.22. The van der Waals surface area contributed by atoms with E-state index in [0.717, 1.165) is 18.8 Å². The van der Waals surface area contributed by atoms with Gasteiger partial charge in [0.25, 0.3) is 5.91 Å². The zero-order valence-corrected chi connectivity index (χ0v) is 11.4. The van der Waals surface area contributed by atoms with Gasteiger partial charge < -0.3 is 16.2 Å². The fourth-order valence-electron chi connectivity index (χ4n) is 2.72. The fraction of sp³-hybridized carbons (Fsp3) is 0.533. The summed E-state index contributed by atoms with van der Waals surface area (Å²) >= 11 is 0. The molecular formula is C15H22N2O2. The summed E-state index contributed by atoms with van der Waals surface area (Å²) in [6.45, 7) is 2.22. The van der Waals surface area contributed by atoms with Crippen LogP contribution in [0.3, 0.4) is 0 Å². The Hall–Kier alpha value is -1.71. The number of nitrogen functional groups attached to an aromatic ring is 1. The monoisotopic (exact) mass is 262 g/mol. The summed E-state index contributed by atoms with van der Waals surface area (Å²) in [6, 6.07) is 4.69. The molecule has 0 spiro atoms. The van der Waals surface area contributed by atoms with Crippen molar-refractivity contribution in [3.05, 3.63) is 23.8 Å². The summed E-state index contributed by atoms with van der Waals surface area (Å²) in [6.07, 6.45) is 5.64. The van der Waals surface area contributed by atoms with Crippen LogP contribution in [0.5, 0.6) is 5.75 Å². The molecule has 4 nitrogen and oxygen atoms in total. The van der Waals surface area contributed by atoms with Crippen molar-refractivity contribution in [1.82, 2.24) is 5.32 Å². The van der Waals surface area contributed by atoms with E-state index in [1.165, 1.54) is 31.4 Å². The fourth-order valence-corrected chi connectivity index (χ4v) is 2.72. The van der Waals surface area contributed by atoms with Gasteiger partial charge in [-0.15, -0.1) is 0 Å².